The number of methoxy groups -OCH3 is 1. The molecule has 0 aromatic rings. The Morgan fingerprint density at radius 1 is 1.40 bits per heavy atom. The van der Waals surface area contributed by atoms with Gasteiger partial charge in [-0.25, -0.2) is 0 Å². The van der Waals surface area contributed by atoms with Crippen LogP contribution in [-0.2, 0) is 14.3 Å². The molecule has 1 N–H and O–H groups in total. The molecule has 0 unspecified atom stereocenters. The van der Waals surface area contributed by atoms with Crippen LogP contribution in [0.2, 0.25) is 0 Å². The number of hydrogen-bond donors (Lipinski definition) is 1. The molecule has 0 bridgehead atoms. The van der Waals surface area contributed by atoms with Gasteiger partial charge in [0.05, 0.1) is 13.0 Å². The molecule has 0 saturated carbocycles. The van der Waals surface area contributed by atoms with Crippen molar-refractivity contribution in [3.63, 3.8) is 0 Å². The minimum absolute atomic E-state index is 0.0599. The Bertz CT molecular complexity index is 359. The number of nitrogens with zero attached hydrogens (tertiary/aromatic N) is 1. The van der Waals surface area contributed by atoms with E-state index in [-0.39, 0.29) is 32.4 Å². The van der Waals surface area contributed by atoms with Crippen LogP contribution < -0.4 is 0 Å². The summed E-state index contributed by atoms with van der Waals surface area (Å²) < 4.78 is 43.5. The van der Waals surface area contributed by atoms with Crippen LogP contribution in [0, 0.1) is 5.92 Å². The molecule has 0 spiro atoms. The summed E-state index contributed by atoms with van der Waals surface area (Å²) in [6, 6.07) is -1.71. The highest BCUT2D eigenvalue weighted by atomic mass is 19.4. The van der Waals surface area contributed by atoms with E-state index in [1.165, 1.54) is 4.90 Å². The quantitative estimate of drug-likeness (QED) is 0.782. The Kier molecular flexibility index (Phi) is 5.79. The first-order valence-electron chi connectivity index (χ1n) is 6.36. The minimum Gasteiger partial charge on any atom is -0.481 e. The fraction of sp³-hybridized carbons (Fsp3) is 0.833. The van der Waals surface area contributed by atoms with Gasteiger partial charge in [-0.2, -0.15) is 13.2 Å². The number of esters is 1. The van der Waals surface area contributed by atoms with Crippen LogP contribution in [0.25, 0.3) is 0 Å². The number of likely N-dealkylation sites (tertiary alicyclic amines) is 1. The predicted molar refractivity (Wildman–Crippen MR) is 63.0 cm³/mol. The fourth-order valence-electron chi connectivity index (χ4n) is 2.44. The molecule has 20 heavy (non-hydrogen) atoms. The van der Waals surface area contributed by atoms with E-state index in [1.54, 1.807) is 0 Å². The number of piperidine rings is 1. The van der Waals surface area contributed by atoms with Crippen LogP contribution in [0.5, 0.6) is 0 Å². The molecular formula is C12H18F3NO4. The maximum absolute atomic E-state index is 13.0. The molecule has 5 nitrogen and oxygen atoms in total. The van der Waals surface area contributed by atoms with E-state index in [2.05, 4.69) is 4.74 Å². The number of carbonyl (C=O) groups excluding carboxylic acids is 1. The largest absolute Gasteiger partial charge is 0.481 e. The summed E-state index contributed by atoms with van der Waals surface area (Å²) in [6.45, 7) is 0.175. The van der Waals surface area contributed by atoms with E-state index >= 15 is 0 Å². The van der Waals surface area contributed by atoms with Crippen LogP contribution in [-0.4, -0.2) is 54.4 Å². The lowest BCUT2D eigenvalue weighted by Gasteiger charge is -2.39. The van der Waals surface area contributed by atoms with Crippen molar-refractivity contribution in [1.82, 2.24) is 4.90 Å². The van der Waals surface area contributed by atoms with Crippen LogP contribution in [0.1, 0.15) is 25.7 Å². The van der Waals surface area contributed by atoms with Gasteiger partial charge < -0.3 is 9.84 Å². The maximum Gasteiger partial charge on any atom is 0.404 e. The Hall–Kier alpha value is -1.31. The van der Waals surface area contributed by atoms with Crippen molar-refractivity contribution in [1.29, 1.82) is 0 Å². The Morgan fingerprint density at radius 2 is 2.05 bits per heavy atom. The average Bonchev–Trinajstić information content (AvgIpc) is 2.36. The van der Waals surface area contributed by atoms with Gasteiger partial charge >= 0.3 is 18.1 Å². The van der Waals surface area contributed by atoms with Gasteiger partial charge in [0.25, 0.3) is 0 Å². The van der Waals surface area contributed by atoms with Gasteiger partial charge in [-0.3, -0.25) is 14.5 Å². The van der Waals surface area contributed by atoms with Crippen molar-refractivity contribution in [2.45, 2.75) is 37.9 Å². The second kappa shape index (κ2) is 6.92. The molecule has 1 rings (SSSR count). The lowest BCUT2D eigenvalue weighted by Crippen LogP contribution is -2.52. The maximum atomic E-state index is 13.0. The predicted octanol–water partition coefficient (Wildman–Crippen LogP) is 1.67. The van der Waals surface area contributed by atoms with E-state index < -0.39 is 30.1 Å². The number of alkyl halides is 3. The van der Waals surface area contributed by atoms with Crippen molar-refractivity contribution < 1.29 is 32.6 Å². The molecule has 8 heteroatoms. The van der Waals surface area contributed by atoms with Gasteiger partial charge in [0.15, 0.2) is 0 Å². The molecule has 1 saturated heterocycles. The first-order chi connectivity index (χ1) is 9.25. The highest BCUT2D eigenvalue weighted by Crippen LogP contribution is 2.34. The molecule has 0 aliphatic carbocycles. The molecule has 1 heterocycles. The lowest BCUT2D eigenvalue weighted by molar-refractivity contribution is -0.198. The lowest BCUT2D eigenvalue weighted by atomic mass is 9.90. The summed E-state index contributed by atoms with van der Waals surface area (Å²) in [7, 11) is 1.16. The molecule has 0 radical (unpaired) electrons. The summed E-state index contributed by atoms with van der Waals surface area (Å²) in [5.41, 5.74) is 0. The number of hydrogen-bond acceptors (Lipinski definition) is 4. The van der Waals surface area contributed by atoms with E-state index in [0.29, 0.717) is 6.42 Å². The first kappa shape index (κ1) is 16.7. The van der Waals surface area contributed by atoms with Crippen LogP contribution >= 0.6 is 0 Å². The Balaban J connectivity index is 2.65. The second-order valence-corrected chi connectivity index (χ2v) is 4.84. The van der Waals surface area contributed by atoms with Crippen molar-refractivity contribution in [2.24, 2.45) is 5.92 Å². The highest BCUT2D eigenvalue weighted by molar-refractivity contribution is 5.72. The minimum atomic E-state index is -4.43. The SMILES string of the molecule is COC(=O)[C@@H]1CCN(CCCC(=O)O)[C@H](C(F)(F)F)C1. The summed E-state index contributed by atoms with van der Waals surface area (Å²) in [5.74, 6) is -2.40. The number of aliphatic carboxylic acids is 1. The standard InChI is InChI=1S/C12H18F3NO4/c1-20-11(19)8-4-6-16(5-2-3-10(17)18)9(7-8)12(13,14)15/h8-9H,2-7H2,1H3,(H,17,18)/t8-,9+/m1/s1. The Morgan fingerprint density at radius 3 is 2.55 bits per heavy atom. The normalized spacial score (nSPS) is 24.4. The van der Waals surface area contributed by atoms with Gasteiger partial charge in [-0.15, -0.1) is 0 Å². The molecule has 1 fully saturated rings. The summed E-state index contributed by atoms with van der Waals surface area (Å²) in [6.07, 6.45) is -4.47. The van der Waals surface area contributed by atoms with Gasteiger partial charge in [0, 0.05) is 6.42 Å². The third-order valence-electron chi connectivity index (χ3n) is 3.46. The highest BCUT2D eigenvalue weighted by Gasteiger charge is 2.47. The molecule has 1 aliphatic rings. The summed E-state index contributed by atoms with van der Waals surface area (Å²) >= 11 is 0. The third kappa shape index (κ3) is 4.66. The number of carboxylic acids is 1. The number of halogens is 3. The zero-order chi connectivity index (χ0) is 15.3. The topological polar surface area (TPSA) is 66.8 Å². The number of carbonyl (C=O) groups is 2. The fourth-order valence-corrected chi connectivity index (χ4v) is 2.44. The van der Waals surface area contributed by atoms with Crippen LogP contribution in [0.3, 0.4) is 0 Å². The van der Waals surface area contributed by atoms with Crippen LogP contribution in [0.4, 0.5) is 13.2 Å². The van der Waals surface area contributed by atoms with E-state index in [9.17, 15) is 22.8 Å². The van der Waals surface area contributed by atoms with Gasteiger partial charge in [0.1, 0.15) is 6.04 Å². The smallest absolute Gasteiger partial charge is 0.404 e. The molecule has 1 aliphatic heterocycles. The molecule has 0 amide bonds. The average molecular weight is 297 g/mol. The van der Waals surface area contributed by atoms with Gasteiger partial charge in [0.2, 0.25) is 0 Å². The van der Waals surface area contributed by atoms with Crippen molar-refractivity contribution in [3.05, 3.63) is 0 Å². The van der Waals surface area contributed by atoms with Crippen molar-refractivity contribution in [2.75, 3.05) is 20.2 Å². The zero-order valence-electron chi connectivity index (χ0n) is 11.2. The van der Waals surface area contributed by atoms with Gasteiger partial charge in [-0.05, 0) is 32.4 Å². The van der Waals surface area contributed by atoms with Crippen LogP contribution in [0.15, 0.2) is 0 Å². The monoisotopic (exact) mass is 297 g/mol. The summed E-state index contributed by atoms with van der Waals surface area (Å²) in [4.78, 5) is 23.0. The van der Waals surface area contributed by atoms with E-state index in [0.717, 1.165) is 7.11 Å². The Labute approximate surface area is 114 Å². The van der Waals surface area contributed by atoms with E-state index in [4.69, 9.17) is 5.11 Å². The number of ether oxygens (including phenoxy) is 1. The molecular weight excluding hydrogens is 279 g/mol. The van der Waals surface area contributed by atoms with Crippen molar-refractivity contribution in [3.8, 4) is 0 Å². The van der Waals surface area contributed by atoms with E-state index in [1.807, 2.05) is 0 Å². The molecule has 2 atom stereocenters. The van der Waals surface area contributed by atoms with Crippen molar-refractivity contribution >= 4 is 11.9 Å². The first-order valence-corrected chi connectivity index (χ1v) is 6.36. The summed E-state index contributed by atoms with van der Waals surface area (Å²) in [5, 5.41) is 8.51. The number of carboxylic acid groups (broad SMARTS) is 1. The molecule has 116 valence electrons. The zero-order valence-corrected chi connectivity index (χ0v) is 11.2. The van der Waals surface area contributed by atoms with Gasteiger partial charge in [-0.1, -0.05) is 0 Å². The molecule has 0 aromatic carbocycles. The molecule has 0 aromatic heterocycles. The number of rotatable bonds is 5. The third-order valence-corrected chi connectivity index (χ3v) is 3.46. The second-order valence-electron chi connectivity index (χ2n) is 4.84.